The Morgan fingerprint density at radius 3 is 2.19 bits per heavy atom. The Kier molecular flexibility index (Phi) is 5.21. The molecule has 0 atom stereocenters. The standard InChI is InChI=1S/C20H22FN3O2/c1-14-7-8-15(22)13-17(14)20(26)24-10-4-9-23(11-12-24)19(25)16-5-2-3-6-18(16)21/h2-3,5-8,13H,4,9-12,22H2,1H3. The van der Waals surface area contributed by atoms with E-state index in [0.717, 1.165) is 5.56 Å². The number of carbonyl (C=O) groups is 2. The third-order valence-electron chi connectivity index (χ3n) is 4.67. The number of hydrogen-bond donors (Lipinski definition) is 1. The van der Waals surface area contributed by atoms with E-state index in [1.807, 2.05) is 13.0 Å². The number of hydrogen-bond acceptors (Lipinski definition) is 3. The maximum atomic E-state index is 13.9. The largest absolute Gasteiger partial charge is 0.399 e. The molecule has 1 fully saturated rings. The molecule has 0 unspecified atom stereocenters. The molecule has 2 N–H and O–H groups in total. The zero-order chi connectivity index (χ0) is 18.7. The van der Waals surface area contributed by atoms with Crippen LogP contribution in [0.2, 0.25) is 0 Å². The molecule has 6 heteroatoms. The van der Waals surface area contributed by atoms with Gasteiger partial charge in [0.15, 0.2) is 0 Å². The molecule has 1 aliphatic rings. The van der Waals surface area contributed by atoms with Crippen LogP contribution in [0.15, 0.2) is 42.5 Å². The quantitative estimate of drug-likeness (QED) is 0.843. The van der Waals surface area contributed by atoms with Crippen LogP contribution in [0, 0.1) is 12.7 Å². The second kappa shape index (κ2) is 7.56. The fraction of sp³-hybridized carbons (Fsp3) is 0.300. The zero-order valence-corrected chi connectivity index (χ0v) is 14.7. The molecule has 0 aliphatic carbocycles. The normalized spacial score (nSPS) is 14.8. The van der Waals surface area contributed by atoms with E-state index in [1.54, 1.807) is 34.1 Å². The number of benzene rings is 2. The van der Waals surface area contributed by atoms with E-state index >= 15 is 0 Å². The number of nitrogen functional groups attached to an aromatic ring is 1. The van der Waals surface area contributed by atoms with Crippen LogP contribution in [0.5, 0.6) is 0 Å². The summed E-state index contributed by atoms with van der Waals surface area (Å²) in [5.41, 5.74) is 7.87. The fourth-order valence-corrected chi connectivity index (χ4v) is 3.17. The summed E-state index contributed by atoms with van der Waals surface area (Å²) in [6.07, 6.45) is 0.646. The van der Waals surface area contributed by atoms with Crippen LogP contribution in [0.3, 0.4) is 0 Å². The van der Waals surface area contributed by atoms with Crippen LogP contribution < -0.4 is 5.73 Å². The third-order valence-corrected chi connectivity index (χ3v) is 4.67. The lowest BCUT2D eigenvalue weighted by Gasteiger charge is -2.23. The molecule has 136 valence electrons. The molecule has 1 saturated heterocycles. The Hall–Kier alpha value is -2.89. The summed E-state index contributed by atoms with van der Waals surface area (Å²) in [6, 6.07) is 11.3. The van der Waals surface area contributed by atoms with E-state index in [1.165, 1.54) is 12.1 Å². The number of halogens is 1. The van der Waals surface area contributed by atoms with Gasteiger partial charge >= 0.3 is 0 Å². The van der Waals surface area contributed by atoms with Crippen LogP contribution in [-0.2, 0) is 0 Å². The van der Waals surface area contributed by atoms with Crippen molar-refractivity contribution in [3.63, 3.8) is 0 Å². The van der Waals surface area contributed by atoms with Gasteiger partial charge in [-0.3, -0.25) is 9.59 Å². The summed E-state index contributed by atoms with van der Waals surface area (Å²) in [6.45, 7) is 3.70. The first kappa shape index (κ1) is 17.9. The minimum atomic E-state index is -0.523. The number of anilines is 1. The van der Waals surface area contributed by atoms with Gasteiger partial charge in [-0.1, -0.05) is 18.2 Å². The van der Waals surface area contributed by atoms with E-state index in [0.29, 0.717) is 43.9 Å². The van der Waals surface area contributed by atoms with Crippen LogP contribution in [0.1, 0.15) is 32.7 Å². The van der Waals surface area contributed by atoms with E-state index < -0.39 is 5.82 Å². The SMILES string of the molecule is Cc1ccc(N)cc1C(=O)N1CCCN(C(=O)c2ccccc2F)CC1. The fourth-order valence-electron chi connectivity index (χ4n) is 3.17. The number of carbonyl (C=O) groups excluding carboxylic acids is 2. The molecule has 2 amide bonds. The topological polar surface area (TPSA) is 66.6 Å². The second-order valence-electron chi connectivity index (χ2n) is 6.49. The van der Waals surface area contributed by atoms with Crippen molar-refractivity contribution >= 4 is 17.5 Å². The number of aryl methyl sites for hydroxylation is 1. The van der Waals surface area contributed by atoms with E-state index in [2.05, 4.69) is 0 Å². The molecule has 0 radical (unpaired) electrons. The lowest BCUT2D eigenvalue weighted by atomic mass is 10.1. The molecule has 2 aromatic carbocycles. The summed E-state index contributed by atoms with van der Waals surface area (Å²) in [5, 5.41) is 0. The first-order valence-electron chi connectivity index (χ1n) is 8.66. The average Bonchev–Trinajstić information content (AvgIpc) is 2.89. The molecule has 5 nitrogen and oxygen atoms in total. The van der Waals surface area contributed by atoms with Crippen molar-refractivity contribution < 1.29 is 14.0 Å². The van der Waals surface area contributed by atoms with Crippen molar-refractivity contribution in [1.29, 1.82) is 0 Å². The van der Waals surface area contributed by atoms with Crippen molar-refractivity contribution in [1.82, 2.24) is 9.80 Å². The summed E-state index contributed by atoms with van der Waals surface area (Å²) < 4.78 is 13.9. The molecule has 3 rings (SSSR count). The van der Waals surface area contributed by atoms with Gasteiger partial charge in [0.05, 0.1) is 5.56 Å². The summed E-state index contributed by atoms with van der Waals surface area (Å²) >= 11 is 0. The Morgan fingerprint density at radius 1 is 0.923 bits per heavy atom. The van der Waals surface area contributed by atoms with Crippen LogP contribution in [0.25, 0.3) is 0 Å². The monoisotopic (exact) mass is 355 g/mol. The second-order valence-corrected chi connectivity index (χ2v) is 6.49. The Labute approximate surface area is 152 Å². The average molecular weight is 355 g/mol. The van der Waals surface area contributed by atoms with Gasteiger partial charge in [-0.2, -0.15) is 0 Å². The van der Waals surface area contributed by atoms with Crippen molar-refractivity contribution in [2.45, 2.75) is 13.3 Å². The molecule has 0 saturated carbocycles. The number of rotatable bonds is 2. The Morgan fingerprint density at radius 2 is 1.54 bits per heavy atom. The van der Waals surface area contributed by atoms with Crippen LogP contribution >= 0.6 is 0 Å². The zero-order valence-electron chi connectivity index (χ0n) is 14.7. The summed E-state index contributed by atoms with van der Waals surface area (Å²) in [4.78, 5) is 28.8. The predicted octanol–water partition coefficient (Wildman–Crippen LogP) is 2.70. The van der Waals surface area contributed by atoms with Gasteiger partial charge < -0.3 is 15.5 Å². The van der Waals surface area contributed by atoms with Crippen molar-refractivity contribution in [2.24, 2.45) is 0 Å². The lowest BCUT2D eigenvalue weighted by molar-refractivity contribution is 0.0716. The van der Waals surface area contributed by atoms with Gasteiger partial charge in [0, 0.05) is 37.4 Å². The predicted molar refractivity (Wildman–Crippen MR) is 98.4 cm³/mol. The van der Waals surface area contributed by atoms with Crippen LogP contribution in [0.4, 0.5) is 10.1 Å². The Bertz CT molecular complexity index is 838. The smallest absolute Gasteiger partial charge is 0.256 e. The number of nitrogens with zero attached hydrogens (tertiary/aromatic N) is 2. The molecule has 26 heavy (non-hydrogen) atoms. The summed E-state index contributed by atoms with van der Waals surface area (Å²) in [5.74, 6) is -0.947. The minimum absolute atomic E-state index is 0.0685. The van der Waals surface area contributed by atoms with Gasteiger partial charge in [0.25, 0.3) is 11.8 Å². The number of nitrogens with two attached hydrogens (primary N) is 1. The third kappa shape index (κ3) is 3.69. The van der Waals surface area contributed by atoms with Gasteiger partial charge in [0.1, 0.15) is 5.82 Å². The lowest BCUT2D eigenvalue weighted by Crippen LogP contribution is -2.37. The first-order chi connectivity index (χ1) is 12.5. The highest BCUT2D eigenvalue weighted by Gasteiger charge is 2.25. The molecule has 1 aliphatic heterocycles. The van der Waals surface area contributed by atoms with Crippen molar-refractivity contribution in [3.8, 4) is 0 Å². The van der Waals surface area contributed by atoms with Gasteiger partial charge in [-0.05, 0) is 43.2 Å². The Balaban J connectivity index is 1.72. The maximum absolute atomic E-state index is 13.9. The first-order valence-corrected chi connectivity index (χ1v) is 8.66. The molecule has 0 aromatic heterocycles. The molecule has 0 spiro atoms. The highest BCUT2D eigenvalue weighted by Crippen LogP contribution is 2.17. The van der Waals surface area contributed by atoms with Crippen LogP contribution in [-0.4, -0.2) is 47.8 Å². The van der Waals surface area contributed by atoms with Gasteiger partial charge in [0.2, 0.25) is 0 Å². The molecular formula is C20H22FN3O2. The van der Waals surface area contributed by atoms with E-state index in [9.17, 15) is 14.0 Å². The highest BCUT2D eigenvalue weighted by atomic mass is 19.1. The summed E-state index contributed by atoms with van der Waals surface area (Å²) in [7, 11) is 0. The molecule has 1 heterocycles. The van der Waals surface area contributed by atoms with Crippen molar-refractivity contribution in [3.05, 3.63) is 65.0 Å². The van der Waals surface area contributed by atoms with Gasteiger partial charge in [-0.25, -0.2) is 4.39 Å². The highest BCUT2D eigenvalue weighted by molar-refractivity contribution is 5.97. The van der Waals surface area contributed by atoms with E-state index in [-0.39, 0.29) is 17.4 Å². The van der Waals surface area contributed by atoms with E-state index in [4.69, 9.17) is 5.73 Å². The van der Waals surface area contributed by atoms with Crippen molar-refractivity contribution in [2.75, 3.05) is 31.9 Å². The molecular weight excluding hydrogens is 333 g/mol. The minimum Gasteiger partial charge on any atom is -0.399 e. The molecule has 2 aromatic rings. The maximum Gasteiger partial charge on any atom is 0.256 e. The molecule has 0 bridgehead atoms. The number of amides is 2. The van der Waals surface area contributed by atoms with Gasteiger partial charge in [-0.15, -0.1) is 0 Å².